The summed E-state index contributed by atoms with van der Waals surface area (Å²) >= 11 is 0. The van der Waals surface area contributed by atoms with E-state index in [2.05, 4.69) is 0 Å². The molecule has 0 saturated heterocycles. The summed E-state index contributed by atoms with van der Waals surface area (Å²) in [5.41, 5.74) is -0.573. The van der Waals surface area contributed by atoms with Gasteiger partial charge in [-0.15, -0.1) is 0 Å². The van der Waals surface area contributed by atoms with Crippen molar-refractivity contribution in [3.05, 3.63) is 53.8 Å². The summed E-state index contributed by atoms with van der Waals surface area (Å²) in [5.74, 6) is -5.61. The maximum Gasteiger partial charge on any atom is 0.351 e. The highest BCUT2D eigenvalue weighted by molar-refractivity contribution is 5.93. The van der Waals surface area contributed by atoms with E-state index in [1.54, 1.807) is 24.3 Å². The molecule has 26 heavy (non-hydrogen) atoms. The second-order valence-corrected chi connectivity index (χ2v) is 5.24. The van der Waals surface area contributed by atoms with Gasteiger partial charge in [-0.3, -0.25) is 4.79 Å². The van der Waals surface area contributed by atoms with Gasteiger partial charge in [0.25, 0.3) is 5.91 Å². The molecular weight excluding hydrogens is 355 g/mol. The number of ether oxygens (including phenoxy) is 3. The summed E-state index contributed by atoms with van der Waals surface area (Å²) < 4.78 is 55.0. The lowest BCUT2D eigenvalue weighted by atomic mass is 10.2. The molecule has 3 rings (SSSR count). The molecule has 1 heterocycles. The van der Waals surface area contributed by atoms with Crippen molar-refractivity contribution in [3.63, 3.8) is 0 Å². The average Bonchev–Trinajstić information content (AvgIpc) is 2.66. The van der Waals surface area contributed by atoms with Gasteiger partial charge in [0, 0.05) is 0 Å². The summed E-state index contributed by atoms with van der Waals surface area (Å²) in [6.45, 7) is -0.867. The lowest BCUT2D eigenvalue weighted by Gasteiger charge is -2.24. The normalized spacial score (nSPS) is 15.3. The molecule has 1 N–H and O–H groups in total. The van der Waals surface area contributed by atoms with E-state index in [0.717, 1.165) is 6.07 Å². The van der Waals surface area contributed by atoms with Crippen molar-refractivity contribution < 1.29 is 37.0 Å². The third kappa shape index (κ3) is 3.71. The molecule has 2 aromatic carbocycles. The summed E-state index contributed by atoms with van der Waals surface area (Å²) in [6.07, 6.45) is -1.07. The second kappa shape index (κ2) is 7.34. The van der Waals surface area contributed by atoms with Gasteiger partial charge < -0.3 is 19.5 Å². The maximum absolute atomic E-state index is 13.5. The van der Waals surface area contributed by atoms with Crippen LogP contribution in [0.25, 0.3) is 0 Å². The van der Waals surface area contributed by atoms with Gasteiger partial charge in [0.2, 0.25) is 6.10 Å². The summed E-state index contributed by atoms with van der Waals surface area (Å²) in [4.78, 5) is 23.6. The number of fused-ring (bicyclic) bond motifs is 1. The first-order chi connectivity index (χ1) is 12.5. The monoisotopic (exact) mass is 367 g/mol. The molecule has 0 fully saturated rings. The lowest BCUT2D eigenvalue weighted by molar-refractivity contribution is -0.156. The fraction of sp³-hybridized carbons (Fsp3) is 0.176. The van der Waals surface area contributed by atoms with E-state index in [-0.39, 0.29) is 6.61 Å². The number of amides is 1. The Morgan fingerprint density at radius 1 is 1.08 bits per heavy atom. The molecule has 9 heteroatoms. The zero-order valence-electron chi connectivity index (χ0n) is 13.1. The van der Waals surface area contributed by atoms with Gasteiger partial charge in [-0.2, -0.15) is 0 Å². The zero-order chi connectivity index (χ0) is 18.7. The van der Waals surface area contributed by atoms with Crippen LogP contribution in [-0.4, -0.2) is 31.2 Å². The number of nitrogens with one attached hydrogen (secondary N) is 1. The molecule has 6 nitrogen and oxygen atoms in total. The third-order valence-corrected chi connectivity index (χ3v) is 3.43. The maximum atomic E-state index is 13.5. The largest absolute Gasteiger partial charge is 0.485 e. The number of hydrogen-bond donors (Lipinski definition) is 1. The molecule has 0 saturated carbocycles. The molecule has 1 atom stereocenters. The zero-order valence-corrected chi connectivity index (χ0v) is 13.1. The SMILES string of the molecule is O=C(COC(=O)[C@H]1COc2ccccc2O1)Nc1ccc(F)c(F)c1F. The molecule has 2 aromatic rings. The third-order valence-electron chi connectivity index (χ3n) is 3.43. The summed E-state index contributed by atoms with van der Waals surface area (Å²) in [7, 11) is 0. The van der Waals surface area contributed by atoms with Crippen LogP contribution in [0.5, 0.6) is 11.5 Å². The number of esters is 1. The highest BCUT2D eigenvalue weighted by Gasteiger charge is 2.29. The molecule has 0 aliphatic carbocycles. The highest BCUT2D eigenvalue weighted by atomic mass is 19.2. The number of anilines is 1. The Labute approximate surface area is 145 Å². The number of benzene rings is 2. The molecule has 1 aliphatic rings. The van der Waals surface area contributed by atoms with Crippen LogP contribution >= 0.6 is 0 Å². The van der Waals surface area contributed by atoms with E-state index < -0.39 is 47.7 Å². The van der Waals surface area contributed by atoms with Gasteiger partial charge in [0.05, 0.1) is 5.69 Å². The molecule has 0 bridgehead atoms. The van der Waals surface area contributed by atoms with Crippen LogP contribution in [0.2, 0.25) is 0 Å². The molecule has 0 unspecified atom stereocenters. The Hall–Kier alpha value is -3.23. The Balaban J connectivity index is 1.54. The van der Waals surface area contributed by atoms with Crippen LogP contribution in [0, 0.1) is 17.5 Å². The van der Waals surface area contributed by atoms with E-state index in [1.165, 1.54) is 0 Å². The summed E-state index contributed by atoms with van der Waals surface area (Å²) in [6, 6.07) is 8.21. The molecule has 0 aromatic heterocycles. The van der Waals surface area contributed by atoms with Crippen molar-refractivity contribution >= 4 is 17.6 Å². The Morgan fingerprint density at radius 2 is 1.81 bits per heavy atom. The van der Waals surface area contributed by atoms with Gasteiger partial charge in [-0.05, 0) is 24.3 Å². The topological polar surface area (TPSA) is 73.9 Å². The minimum atomic E-state index is -1.72. The summed E-state index contributed by atoms with van der Waals surface area (Å²) in [5, 5.41) is 1.98. The van der Waals surface area contributed by atoms with Crippen molar-refractivity contribution in [3.8, 4) is 11.5 Å². The van der Waals surface area contributed by atoms with Crippen molar-refractivity contribution in [2.75, 3.05) is 18.5 Å². The van der Waals surface area contributed by atoms with Gasteiger partial charge in [0.15, 0.2) is 35.6 Å². The van der Waals surface area contributed by atoms with E-state index in [4.69, 9.17) is 14.2 Å². The molecule has 136 valence electrons. The quantitative estimate of drug-likeness (QED) is 0.664. The van der Waals surface area contributed by atoms with Crippen LogP contribution < -0.4 is 14.8 Å². The second-order valence-electron chi connectivity index (χ2n) is 5.24. The predicted octanol–water partition coefficient (Wildman–Crippen LogP) is 2.43. The van der Waals surface area contributed by atoms with Crippen molar-refractivity contribution in [2.24, 2.45) is 0 Å². The standard InChI is InChI=1S/C17H12F3NO5/c18-9-5-6-10(16(20)15(9)19)21-14(22)8-25-17(23)13-7-24-11-3-1-2-4-12(11)26-13/h1-6,13H,7-8H2,(H,21,22)/t13-/m1/s1. The number of rotatable bonds is 4. The van der Waals surface area contributed by atoms with Crippen LogP contribution in [0.15, 0.2) is 36.4 Å². The van der Waals surface area contributed by atoms with Crippen molar-refractivity contribution in [2.45, 2.75) is 6.10 Å². The van der Waals surface area contributed by atoms with Crippen LogP contribution in [0.4, 0.5) is 18.9 Å². The van der Waals surface area contributed by atoms with E-state index >= 15 is 0 Å². The first kappa shape index (κ1) is 17.6. The fourth-order valence-corrected chi connectivity index (χ4v) is 2.17. The van der Waals surface area contributed by atoms with Crippen LogP contribution in [0.1, 0.15) is 0 Å². The van der Waals surface area contributed by atoms with Gasteiger partial charge in [-0.1, -0.05) is 12.1 Å². The van der Waals surface area contributed by atoms with Crippen molar-refractivity contribution in [1.82, 2.24) is 0 Å². The predicted molar refractivity (Wildman–Crippen MR) is 82.3 cm³/mol. The van der Waals surface area contributed by atoms with Gasteiger partial charge in [0.1, 0.15) is 6.61 Å². The average molecular weight is 367 g/mol. The highest BCUT2D eigenvalue weighted by Crippen LogP contribution is 2.31. The minimum absolute atomic E-state index is 0.102. The van der Waals surface area contributed by atoms with E-state index in [0.29, 0.717) is 17.6 Å². The van der Waals surface area contributed by atoms with Gasteiger partial charge in [-0.25, -0.2) is 18.0 Å². The van der Waals surface area contributed by atoms with Gasteiger partial charge >= 0.3 is 5.97 Å². The molecule has 0 spiro atoms. The van der Waals surface area contributed by atoms with E-state index in [9.17, 15) is 22.8 Å². The molecular formula is C17H12F3NO5. The van der Waals surface area contributed by atoms with Crippen molar-refractivity contribution in [1.29, 1.82) is 0 Å². The van der Waals surface area contributed by atoms with E-state index in [1.807, 2.05) is 5.32 Å². The Morgan fingerprint density at radius 3 is 2.58 bits per heavy atom. The first-order valence-electron chi connectivity index (χ1n) is 7.44. The first-order valence-corrected chi connectivity index (χ1v) is 7.44. The minimum Gasteiger partial charge on any atom is -0.485 e. The lowest BCUT2D eigenvalue weighted by Crippen LogP contribution is -2.39. The van der Waals surface area contributed by atoms with Crippen LogP contribution in [0.3, 0.4) is 0 Å². The number of halogens is 3. The number of para-hydroxylation sites is 2. The molecule has 1 amide bonds. The fourth-order valence-electron chi connectivity index (χ4n) is 2.17. The molecule has 0 radical (unpaired) electrons. The number of hydrogen-bond acceptors (Lipinski definition) is 5. The Bertz CT molecular complexity index is 858. The number of carbonyl (C=O) groups excluding carboxylic acids is 2. The smallest absolute Gasteiger partial charge is 0.351 e. The Kier molecular flexibility index (Phi) is 4.97. The van der Waals surface area contributed by atoms with Crippen LogP contribution in [-0.2, 0) is 14.3 Å². The molecule has 1 aliphatic heterocycles. The number of carbonyl (C=O) groups is 2.